The van der Waals surface area contributed by atoms with E-state index >= 15 is 0 Å². The Kier molecular flexibility index (Phi) is 5.85. The van der Waals surface area contributed by atoms with Crippen LogP contribution in [0.4, 0.5) is 5.69 Å². The maximum atomic E-state index is 12.8. The molecule has 32 heavy (non-hydrogen) atoms. The number of aryl methyl sites for hydroxylation is 1. The minimum Gasteiger partial charge on any atom is -0.454 e. The molecular weight excluding hydrogens is 410 g/mol. The summed E-state index contributed by atoms with van der Waals surface area (Å²) in [7, 11) is 0. The Morgan fingerprint density at radius 3 is 2.72 bits per heavy atom. The molecule has 1 aliphatic heterocycles. The number of anilines is 1. The zero-order valence-electron chi connectivity index (χ0n) is 17.9. The average molecular weight is 433 g/mol. The van der Waals surface area contributed by atoms with Gasteiger partial charge in [0.2, 0.25) is 17.1 Å². The Labute approximate surface area is 184 Å². The first-order valence-electron chi connectivity index (χ1n) is 10.4. The number of hydrogen-bond acceptors (Lipinski definition) is 6. The SMILES string of the molecule is CC(=O)N1CCc2cc(C(=O)[C@H](C)OC(=O)CCn3ncc(=O)c4ccccc43)ccc21. The lowest BCUT2D eigenvalue weighted by Crippen LogP contribution is -2.26. The number of hydrogen-bond donors (Lipinski definition) is 0. The van der Waals surface area contributed by atoms with Gasteiger partial charge in [-0.3, -0.25) is 23.9 Å². The van der Waals surface area contributed by atoms with Crippen molar-refractivity contribution in [3.63, 3.8) is 0 Å². The number of Topliss-reactive ketones (excluding diaryl/α,β-unsaturated/α-hetero) is 1. The molecule has 0 unspecified atom stereocenters. The highest BCUT2D eigenvalue weighted by molar-refractivity contribution is 6.01. The van der Waals surface area contributed by atoms with Crippen LogP contribution in [0.15, 0.2) is 53.5 Å². The standard InChI is InChI=1S/C24H23N3O5/c1-15(24(31)18-7-8-20-17(13-18)9-11-26(20)16(2)28)32-23(30)10-12-27-21-6-4-3-5-19(21)22(29)14-25-27/h3-8,13-15H,9-12H2,1-2H3/t15-/m0/s1. The first kappa shape index (κ1) is 21.4. The maximum absolute atomic E-state index is 12.8. The van der Waals surface area contributed by atoms with Crippen molar-refractivity contribution in [2.24, 2.45) is 0 Å². The summed E-state index contributed by atoms with van der Waals surface area (Å²) in [4.78, 5) is 50.4. The van der Waals surface area contributed by atoms with Gasteiger partial charge >= 0.3 is 5.97 Å². The van der Waals surface area contributed by atoms with Crippen molar-refractivity contribution >= 4 is 34.3 Å². The van der Waals surface area contributed by atoms with E-state index in [1.54, 1.807) is 59.0 Å². The third-order valence-electron chi connectivity index (χ3n) is 5.61. The third kappa shape index (κ3) is 4.16. The van der Waals surface area contributed by atoms with Crippen LogP contribution >= 0.6 is 0 Å². The third-order valence-corrected chi connectivity index (χ3v) is 5.61. The van der Waals surface area contributed by atoms with Crippen LogP contribution < -0.4 is 10.3 Å². The van der Waals surface area contributed by atoms with E-state index in [1.807, 2.05) is 0 Å². The van der Waals surface area contributed by atoms with Gasteiger partial charge < -0.3 is 9.64 Å². The number of ketones is 1. The molecule has 1 amide bonds. The van der Waals surface area contributed by atoms with Crippen LogP contribution in [-0.4, -0.2) is 40.1 Å². The largest absolute Gasteiger partial charge is 0.454 e. The summed E-state index contributed by atoms with van der Waals surface area (Å²) in [6, 6.07) is 12.2. The Hall–Kier alpha value is -3.81. The molecule has 0 spiro atoms. The number of benzene rings is 2. The van der Waals surface area contributed by atoms with Gasteiger partial charge in [0.05, 0.1) is 24.7 Å². The van der Waals surface area contributed by atoms with Crippen LogP contribution in [0.5, 0.6) is 0 Å². The highest BCUT2D eigenvalue weighted by Gasteiger charge is 2.25. The molecule has 2 aromatic carbocycles. The number of amides is 1. The van der Waals surface area contributed by atoms with Gasteiger partial charge in [-0.25, -0.2) is 0 Å². The zero-order chi connectivity index (χ0) is 22.8. The molecule has 1 atom stereocenters. The van der Waals surface area contributed by atoms with Crippen LogP contribution in [0.25, 0.3) is 10.9 Å². The lowest BCUT2D eigenvalue weighted by atomic mass is 10.0. The van der Waals surface area contributed by atoms with Crippen LogP contribution in [0.3, 0.4) is 0 Å². The lowest BCUT2D eigenvalue weighted by Gasteiger charge is -2.16. The van der Waals surface area contributed by atoms with E-state index in [-0.39, 0.29) is 30.1 Å². The number of fused-ring (bicyclic) bond motifs is 2. The van der Waals surface area contributed by atoms with Gasteiger partial charge in [-0.1, -0.05) is 12.1 Å². The molecule has 3 aromatic rings. The number of para-hydroxylation sites is 1. The van der Waals surface area contributed by atoms with Gasteiger partial charge in [-0.2, -0.15) is 5.10 Å². The van der Waals surface area contributed by atoms with E-state index in [4.69, 9.17) is 4.74 Å². The first-order valence-corrected chi connectivity index (χ1v) is 10.4. The fraction of sp³-hybridized carbons (Fsp3) is 0.292. The number of nitrogens with zero attached hydrogens (tertiary/aromatic N) is 3. The van der Waals surface area contributed by atoms with Gasteiger partial charge in [0.15, 0.2) is 6.10 Å². The fourth-order valence-electron chi connectivity index (χ4n) is 3.96. The van der Waals surface area contributed by atoms with E-state index in [0.29, 0.717) is 29.4 Å². The second kappa shape index (κ2) is 8.74. The van der Waals surface area contributed by atoms with E-state index in [2.05, 4.69) is 5.10 Å². The van der Waals surface area contributed by atoms with Gasteiger partial charge in [-0.15, -0.1) is 0 Å². The number of carbonyl (C=O) groups excluding carboxylic acids is 3. The molecule has 164 valence electrons. The van der Waals surface area contributed by atoms with Crippen LogP contribution in [0.2, 0.25) is 0 Å². The summed E-state index contributed by atoms with van der Waals surface area (Å²) in [6.07, 6.45) is 0.977. The number of aromatic nitrogens is 2. The van der Waals surface area contributed by atoms with Crippen LogP contribution in [-0.2, 0) is 27.3 Å². The van der Waals surface area contributed by atoms with E-state index in [0.717, 1.165) is 11.3 Å². The summed E-state index contributed by atoms with van der Waals surface area (Å²) in [6.45, 7) is 3.88. The Balaban J connectivity index is 1.39. The molecule has 1 aliphatic rings. The van der Waals surface area contributed by atoms with Crippen LogP contribution in [0, 0.1) is 0 Å². The number of esters is 1. The van der Waals surface area contributed by atoms with Crippen molar-refractivity contribution < 1.29 is 19.1 Å². The molecule has 8 heteroatoms. The van der Waals surface area contributed by atoms with Gasteiger partial charge in [0.25, 0.3) is 0 Å². The molecule has 0 bridgehead atoms. The van der Waals surface area contributed by atoms with E-state index in [9.17, 15) is 19.2 Å². The Bertz CT molecular complexity index is 1280. The molecule has 0 fully saturated rings. The summed E-state index contributed by atoms with van der Waals surface area (Å²) >= 11 is 0. The molecule has 0 saturated carbocycles. The highest BCUT2D eigenvalue weighted by Crippen LogP contribution is 2.29. The van der Waals surface area contributed by atoms with Crippen molar-refractivity contribution in [3.8, 4) is 0 Å². The molecular formula is C24H23N3O5. The number of rotatable bonds is 6. The summed E-state index contributed by atoms with van der Waals surface area (Å²) in [5.74, 6) is -0.858. The number of ether oxygens (including phenoxy) is 1. The zero-order valence-corrected chi connectivity index (χ0v) is 17.9. The van der Waals surface area contributed by atoms with Crippen LogP contribution in [0.1, 0.15) is 36.2 Å². The van der Waals surface area contributed by atoms with Crippen molar-refractivity contribution in [2.45, 2.75) is 39.3 Å². The lowest BCUT2D eigenvalue weighted by molar-refractivity contribution is -0.146. The smallest absolute Gasteiger partial charge is 0.308 e. The van der Waals surface area contributed by atoms with Crippen molar-refractivity contribution in [1.29, 1.82) is 0 Å². The predicted molar refractivity (Wildman–Crippen MR) is 119 cm³/mol. The Morgan fingerprint density at radius 1 is 1.16 bits per heavy atom. The minimum absolute atomic E-state index is 0.00917. The second-order valence-corrected chi connectivity index (χ2v) is 7.76. The van der Waals surface area contributed by atoms with Gasteiger partial charge in [0, 0.05) is 30.1 Å². The monoisotopic (exact) mass is 433 g/mol. The average Bonchev–Trinajstić information content (AvgIpc) is 3.22. The topological polar surface area (TPSA) is 98.6 Å². The normalized spacial score (nSPS) is 13.6. The highest BCUT2D eigenvalue weighted by atomic mass is 16.5. The predicted octanol–water partition coefficient (Wildman–Crippen LogP) is 2.51. The Morgan fingerprint density at radius 2 is 1.94 bits per heavy atom. The van der Waals surface area contributed by atoms with E-state index in [1.165, 1.54) is 13.1 Å². The van der Waals surface area contributed by atoms with Crippen molar-refractivity contribution in [2.75, 3.05) is 11.4 Å². The minimum atomic E-state index is -0.940. The quantitative estimate of drug-likeness (QED) is 0.438. The summed E-state index contributed by atoms with van der Waals surface area (Å²) in [5, 5.41) is 4.62. The molecule has 2 heterocycles. The van der Waals surface area contributed by atoms with Crippen molar-refractivity contribution in [1.82, 2.24) is 9.78 Å². The summed E-state index contributed by atoms with van der Waals surface area (Å²) in [5.41, 5.74) is 2.65. The van der Waals surface area contributed by atoms with Gasteiger partial charge in [-0.05, 0) is 49.2 Å². The van der Waals surface area contributed by atoms with E-state index < -0.39 is 12.1 Å². The molecule has 4 rings (SSSR count). The fourth-order valence-corrected chi connectivity index (χ4v) is 3.96. The van der Waals surface area contributed by atoms with Gasteiger partial charge in [0.1, 0.15) is 0 Å². The maximum Gasteiger partial charge on any atom is 0.308 e. The molecule has 0 N–H and O–H groups in total. The molecule has 0 saturated heterocycles. The molecule has 8 nitrogen and oxygen atoms in total. The molecule has 0 aliphatic carbocycles. The van der Waals surface area contributed by atoms with Crippen molar-refractivity contribution in [3.05, 3.63) is 70.0 Å². The second-order valence-electron chi connectivity index (χ2n) is 7.76. The molecule has 0 radical (unpaired) electrons. The molecule has 1 aromatic heterocycles. The summed E-state index contributed by atoms with van der Waals surface area (Å²) < 4.78 is 6.92. The number of carbonyl (C=O) groups is 3. The first-order chi connectivity index (χ1) is 15.3.